The third kappa shape index (κ3) is 3.33. The lowest BCUT2D eigenvalue weighted by Gasteiger charge is -2.01. The van der Waals surface area contributed by atoms with Crippen molar-refractivity contribution in [2.24, 2.45) is 5.10 Å². The minimum Gasteiger partial charge on any atom is -0.507 e. The van der Waals surface area contributed by atoms with Gasteiger partial charge in [-0.2, -0.15) is 5.10 Å². The van der Waals surface area contributed by atoms with Crippen molar-refractivity contribution in [3.63, 3.8) is 0 Å². The number of nitrogens with one attached hydrogen (secondary N) is 1. The van der Waals surface area contributed by atoms with Gasteiger partial charge in [-0.15, -0.1) is 0 Å². The summed E-state index contributed by atoms with van der Waals surface area (Å²) >= 11 is 5.77. The van der Waals surface area contributed by atoms with Crippen LogP contribution in [0.2, 0.25) is 5.02 Å². The van der Waals surface area contributed by atoms with E-state index in [0.29, 0.717) is 10.6 Å². The smallest absolute Gasteiger partial charge is 0.274 e. The van der Waals surface area contributed by atoms with E-state index in [-0.39, 0.29) is 11.3 Å². The number of nitrogens with zero attached hydrogens (tertiary/aromatic N) is 1. The molecule has 6 heteroatoms. The number of carbonyl (C=O) groups is 1. The Balaban J connectivity index is 2.09. The van der Waals surface area contributed by atoms with Crippen LogP contribution >= 0.6 is 11.6 Å². The maximum absolute atomic E-state index is 13.3. The Labute approximate surface area is 119 Å². The first-order valence-electron chi connectivity index (χ1n) is 5.64. The molecule has 2 aromatic carbocycles. The molecule has 20 heavy (non-hydrogen) atoms. The highest BCUT2D eigenvalue weighted by Crippen LogP contribution is 2.19. The summed E-state index contributed by atoms with van der Waals surface area (Å²) in [5, 5.41) is 13.6. The first-order chi connectivity index (χ1) is 9.58. The molecule has 0 heterocycles. The molecule has 0 saturated carbocycles. The van der Waals surface area contributed by atoms with Gasteiger partial charge in [-0.05, 0) is 30.3 Å². The number of amides is 1. The Morgan fingerprint density at radius 3 is 2.80 bits per heavy atom. The van der Waals surface area contributed by atoms with E-state index in [4.69, 9.17) is 11.6 Å². The van der Waals surface area contributed by atoms with Crippen LogP contribution in [0.15, 0.2) is 47.6 Å². The van der Waals surface area contributed by atoms with E-state index in [9.17, 15) is 14.3 Å². The summed E-state index contributed by atoms with van der Waals surface area (Å²) in [7, 11) is 0. The molecular formula is C14H10ClFN2O2. The van der Waals surface area contributed by atoms with Gasteiger partial charge >= 0.3 is 0 Å². The van der Waals surface area contributed by atoms with Gasteiger partial charge in [0.25, 0.3) is 5.91 Å². The fraction of sp³-hybridized carbons (Fsp3) is 0. The second-order valence-electron chi connectivity index (χ2n) is 3.88. The van der Waals surface area contributed by atoms with E-state index in [2.05, 4.69) is 10.5 Å². The highest BCUT2D eigenvalue weighted by molar-refractivity contribution is 6.30. The van der Waals surface area contributed by atoms with Gasteiger partial charge in [0.05, 0.1) is 11.8 Å². The molecule has 0 radical (unpaired) electrons. The molecule has 2 N–H and O–H groups in total. The minimum absolute atomic E-state index is 0.0294. The van der Waals surface area contributed by atoms with E-state index < -0.39 is 11.7 Å². The van der Waals surface area contributed by atoms with Gasteiger partial charge in [-0.1, -0.05) is 23.7 Å². The van der Waals surface area contributed by atoms with Crippen molar-refractivity contribution in [1.82, 2.24) is 5.43 Å². The number of hydrazone groups is 1. The predicted octanol–water partition coefficient (Wildman–Crippen LogP) is 2.95. The average Bonchev–Trinajstić information content (AvgIpc) is 2.43. The molecule has 0 aliphatic carbocycles. The Morgan fingerprint density at radius 1 is 1.30 bits per heavy atom. The van der Waals surface area contributed by atoms with Crippen molar-refractivity contribution in [3.8, 4) is 5.75 Å². The molecule has 1 amide bonds. The average molecular weight is 293 g/mol. The number of hydrogen-bond acceptors (Lipinski definition) is 3. The van der Waals surface area contributed by atoms with Crippen molar-refractivity contribution in [1.29, 1.82) is 0 Å². The molecule has 0 fully saturated rings. The number of rotatable bonds is 3. The largest absolute Gasteiger partial charge is 0.507 e. The molecule has 102 valence electrons. The van der Waals surface area contributed by atoms with Crippen molar-refractivity contribution in [2.45, 2.75) is 0 Å². The number of aromatic hydroxyl groups is 1. The van der Waals surface area contributed by atoms with Gasteiger partial charge in [0.1, 0.15) is 11.6 Å². The molecule has 0 saturated heterocycles. The third-order valence-corrected chi connectivity index (χ3v) is 2.71. The summed E-state index contributed by atoms with van der Waals surface area (Å²) in [5.74, 6) is -1.34. The van der Waals surface area contributed by atoms with E-state index in [1.165, 1.54) is 42.6 Å². The van der Waals surface area contributed by atoms with Gasteiger partial charge < -0.3 is 5.11 Å². The van der Waals surface area contributed by atoms with Gasteiger partial charge in [0.2, 0.25) is 0 Å². The summed E-state index contributed by atoms with van der Waals surface area (Å²) in [6.07, 6.45) is 1.22. The number of phenols is 1. The Morgan fingerprint density at radius 2 is 2.05 bits per heavy atom. The van der Waals surface area contributed by atoms with Gasteiger partial charge in [-0.25, -0.2) is 9.82 Å². The number of carbonyl (C=O) groups excluding carboxylic acids is 1. The normalized spacial score (nSPS) is 10.7. The van der Waals surface area contributed by atoms with Crippen molar-refractivity contribution < 1.29 is 14.3 Å². The number of phenolic OH excluding ortho intramolecular Hbond substituents is 1. The fourth-order valence-electron chi connectivity index (χ4n) is 1.49. The minimum atomic E-state index is -0.680. The number of hydrogen-bond donors (Lipinski definition) is 2. The Hall–Kier alpha value is -2.40. The van der Waals surface area contributed by atoms with Crippen LogP contribution in [-0.2, 0) is 0 Å². The lowest BCUT2D eigenvalue weighted by Crippen LogP contribution is -2.18. The van der Waals surface area contributed by atoms with E-state index in [1.54, 1.807) is 6.07 Å². The molecular weight excluding hydrogens is 283 g/mol. The molecule has 0 atom stereocenters. The lowest BCUT2D eigenvalue weighted by atomic mass is 10.2. The number of benzene rings is 2. The zero-order chi connectivity index (χ0) is 14.5. The zero-order valence-electron chi connectivity index (χ0n) is 10.2. The van der Waals surface area contributed by atoms with Crippen molar-refractivity contribution >= 4 is 23.7 Å². The van der Waals surface area contributed by atoms with Gasteiger partial charge in [0, 0.05) is 10.6 Å². The van der Waals surface area contributed by atoms with Crippen LogP contribution in [-0.4, -0.2) is 17.2 Å². The molecule has 0 unspecified atom stereocenters. The second-order valence-corrected chi connectivity index (χ2v) is 4.32. The van der Waals surface area contributed by atoms with Crippen LogP contribution < -0.4 is 5.43 Å². The van der Waals surface area contributed by atoms with Crippen molar-refractivity contribution in [3.05, 3.63) is 64.4 Å². The van der Waals surface area contributed by atoms with Crippen LogP contribution in [0.25, 0.3) is 0 Å². The molecule has 4 nitrogen and oxygen atoms in total. The van der Waals surface area contributed by atoms with Crippen LogP contribution in [0.4, 0.5) is 4.39 Å². The van der Waals surface area contributed by atoms with Gasteiger partial charge in [-0.3, -0.25) is 4.79 Å². The summed E-state index contributed by atoms with van der Waals surface area (Å²) in [5.41, 5.74) is 2.40. The van der Waals surface area contributed by atoms with Crippen LogP contribution in [0.1, 0.15) is 15.9 Å². The summed E-state index contributed by atoms with van der Waals surface area (Å²) < 4.78 is 13.3. The highest BCUT2D eigenvalue weighted by Gasteiger charge is 2.09. The van der Waals surface area contributed by atoms with Crippen LogP contribution in [0, 0.1) is 5.82 Å². The number of halogens is 2. The van der Waals surface area contributed by atoms with Crippen LogP contribution in [0.5, 0.6) is 5.75 Å². The Kier molecular flexibility index (Phi) is 4.32. The lowest BCUT2D eigenvalue weighted by molar-refractivity contribution is 0.0951. The van der Waals surface area contributed by atoms with E-state index in [0.717, 1.165) is 0 Å². The first-order valence-corrected chi connectivity index (χ1v) is 6.02. The van der Waals surface area contributed by atoms with Crippen LogP contribution in [0.3, 0.4) is 0 Å². The predicted molar refractivity (Wildman–Crippen MR) is 74.6 cm³/mol. The summed E-state index contributed by atoms with van der Waals surface area (Å²) in [6.45, 7) is 0. The van der Waals surface area contributed by atoms with E-state index >= 15 is 0 Å². The summed E-state index contributed by atoms with van der Waals surface area (Å²) in [4.78, 5) is 11.7. The standard InChI is InChI=1S/C14H10ClFN2O2/c15-10-5-6-13(19)9(7-10)8-17-18-14(20)11-3-1-2-4-12(11)16/h1-8,19H,(H,18,20)/b17-8+. The maximum atomic E-state index is 13.3. The first kappa shape index (κ1) is 14.0. The fourth-order valence-corrected chi connectivity index (χ4v) is 1.68. The Bertz CT molecular complexity index is 674. The molecule has 0 aromatic heterocycles. The molecule has 0 spiro atoms. The second kappa shape index (κ2) is 6.16. The molecule has 2 aromatic rings. The quantitative estimate of drug-likeness (QED) is 0.675. The van der Waals surface area contributed by atoms with Crippen molar-refractivity contribution in [2.75, 3.05) is 0 Å². The molecule has 0 aliphatic rings. The van der Waals surface area contributed by atoms with E-state index in [1.807, 2.05) is 0 Å². The molecule has 2 rings (SSSR count). The molecule has 0 aliphatic heterocycles. The third-order valence-electron chi connectivity index (χ3n) is 2.48. The zero-order valence-corrected chi connectivity index (χ0v) is 10.9. The van der Waals surface area contributed by atoms with Gasteiger partial charge in [0.15, 0.2) is 0 Å². The topological polar surface area (TPSA) is 61.7 Å². The summed E-state index contributed by atoms with van der Waals surface area (Å²) in [6, 6.07) is 9.96. The SMILES string of the molecule is O=C(N/N=C/c1cc(Cl)ccc1O)c1ccccc1F. The maximum Gasteiger partial charge on any atom is 0.274 e. The monoisotopic (exact) mass is 292 g/mol. The highest BCUT2D eigenvalue weighted by atomic mass is 35.5. The molecule has 0 bridgehead atoms.